The van der Waals surface area contributed by atoms with Crippen molar-refractivity contribution in [1.29, 1.82) is 0 Å². The van der Waals surface area contributed by atoms with E-state index in [1.165, 1.54) is 19.0 Å². The van der Waals surface area contributed by atoms with Crippen molar-refractivity contribution in [3.05, 3.63) is 0 Å². The molecule has 0 heterocycles. The zero-order chi connectivity index (χ0) is 9.02. The molecule has 0 saturated heterocycles. The molecule has 0 aliphatic carbocycles. The highest BCUT2D eigenvalue weighted by molar-refractivity contribution is 5.85. The first-order chi connectivity index (χ1) is 4.95. The van der Waals surface area contributed by atoms with E-state index in [0.717, 1.165) is 0 Å². The number of hydrogen-bond donors (Lipinski definition) is 2. The lowest BCUT2D eigenvalue weighted by molar-refractivity contribution is -0.148. The summed E-state index contributed by atoms with van der Waals surface area (Å²) in [6.07, 6.45) is -0.373. The van der Waals surface area contributed by atoms with Crippen molar-refractivity contribution in [3.8, 4) is 0 Å². The third-order valence-electron chi connectivity index (χ3n) is 1.28. The lowest BCUT2D eigenvalue weighted by atomic mass is 10.2. The van der Waals surface area contributed by atoms with Gasteiger partial charge in [0.2, 0.25) is 0 Å². The predicted molar refractivity (Wildman–Crippen MR) is 44.6 cm³/mol. The van der Waals surface area contributed by atoms with E-state index < -0.39 is 18.0 Å². The van der Waals surface area contributed by atoms with Gasteiger partial charge in [-0.25, -0.2) is 0 Å². The summed E-state index contributed by atoms with van der Waals surface area (Å²) in [6.45, 7) is 0. The molecule has 0 unspecified atom stereocenters. The highest BCUT2D eigenvalue weighted by Gasteiger charge is 2.22. The van der Waals surface area contributed by atoms with Gasteiger partial charge in [0, 0.05) is 0 Å². The number of rotatable bonds is 4. The number of hydrogen-bond acceptors (Lipinski definition) is 3. The third-order valence-corrected chi connectivity index (χ3v) is 1.28. The van der Waals surface area contributed by atoms with E-state index in [1.54, 1.807) is 0 Å². The number of carbonyl (C=O) groups is 2. The topological polar surface area (TPSA) is 77.8 Å². The van der Waals surface area contributed by atoms with Gasteiger partial charge in [0.05, 0.1) is 6.42 Å². The molecule has 0 aromatic rings. The minimum atomic E-state index is -1.11. The molecule has 6 heteroatoms. The van der Waals surface area contributed by atoms with Crippen LogP contribution < -0.4 is 0 Å². The van der Waals surface area contributed by atoms with Crippen molar-refractivity contribution < 1.29 is 19.8 Å². The standard InChI is InChI=1S/C6H11NO4.ClH/c1-7(2)4(6(10)11)3-5(8)9;/h4H,3H2,1-2H3,(H,8,9)(H,10,11);1H/t4-;/m0./s1. The van der Waals surface area contributed by atoms with E-state index >= 15 is 0 Å². The van der Waals surface area contributed by atoms with Gasteiger partial charge in [-0.05, 0) is 14.1 Å². The quantitative estimate of drug-likeness (QED) is 0.658. The molecule has 0 amide bonds. The van der Waals surface area contributed by atoms with Crippen LogP contribution in [0, 0.1) is 0 Å². The predicted octanol–water partition coefficient (Wildman–Crippen LogP) is -0.102. The normalized spacial score (nSPS) is 11.9. The molecule has 0 aromatic carbocycles. The fourth-order valence-electron chi connectivity index (χ4n) is 0.656. The van der Waals surface area contributed by atoms with E-state index in [-0.39, 0.29) is 18.8 Å². The van der Waals surface area contributed by atoms with E-state index in [4.69, 9.17) is 10.2 Å². The molecule has 72 valence electrons. The fraction of sp³-hybridized carbons (Fsp3) is 0.667. The molecule has 0 aliphatic heterocycles. The van der Waals surface area contributed by atoms with Crippen molar-refractivity contribution in [2.45, 2.75) is 12.5 Å². The van der Waals surface area contributed by atoms with Gasteiger partial charge < -0.3 is 10.2 Å². The summed E-state index contributed by atoms with van der Waals surface area (Å²) in [6, 6.07) is -0.938. The summed E-state index contributed by atoms with van der Waals surface area (Å²) in [5.41, 5.74) is 0. The van der Waals surface area contributed by atoms with E-state index in [2.05, 4.69) is 0 Å². The number of nitrogens with zero attached hydrogens (tertiary/aromatic N) is 1. The molecule has 2 N–H and O–H groups in total. The summed E-state index contributed by atoms with van der Waals surface area (Å²) >= 11 is 0. The van der Waals surface area contributed by atoms with E-state index in [1.807, 2.05) is 0 Å². The second kappa shape index (κ2) is 5.79. The van der Waals surface area contributed by atoms with Crippen molar-refractivity contribution in [1.82, 2.24) is 4.90 Å². The Balaban J connectivity index is 0. The molecular weight excluding hydrogens is 186 g/mol. The number of aliphatic carboxylic acids is 2. The van der Waals surface area contributed by atoms with Crippen LogP contribution in [0.3, 0.4) is 0 Å². The molecule has 0 aliphatic rings. The highest BCUT2D eigenvalue weighted by Crippen LogP contribution is 1.99. The Morgan fingerprint density at radius 1 is 1.33 bits per heavy atom. The maximum atomic E-state index is 10.4. The lowest BCUT2D eigenvalue weighted by Gasteiger charge is -2.17. The van der Waals surface area contributed by atoms with Gasteiger partial charge in [-0.3, -0.25) is 14.5 Å². The van der Waals surface area contributed by atoms with Gasteiger partial charge in [0.15, 0.2) is 0 Å². The maximum Gasteiger partial charge on any atom is 0.321 e. The van der Waals surface area contributed by atoms with Crippen molar-refractivity contribution >= 4 is 24.3 Å². The van der Waals surface area contributed by atoms with Gasteiger partial charge >= 0.3 is 11.9 Å². The first kappa shape index (κ1) is 13.8. The fourth-order valence-corrected chi connectivity index (χ4v) is 0.656. The largest absolute Gasteiger partial charge is 0.481 e. The molecule has 0 aromatic heterocycles. The van der Waals surface area contributed by atoms with Crippen molar-refractivity contribution in [2.75, 3.05) is 14.1 Å². The van der Waals surface area contributed by atoms with E-state index in [0.29, 0.717) is 0 Å². The molecule has 0 spiro atoms. The summed E-state index contributed by atoms with van der Waals surface area (Å²) in [5.74, 6) is -2.22. The summed E-state index contributed by atoms with van der Waals surface area (Å²) < 4.78 is 0. The molecule has 0 saturated carbocycles. The molecule has 12 heavy (non-hydrogen) atoms. The number of carboxylic acids is 2. The van der Waals surface area contributed by atoms with Crippen LogP contribution in [0.4, 0.5) is 0 Å². The van der Waals surface area contributed by atoms with Gasteiger partial charge in [-0.15, -0.1) is 12.4 Å². The van der Waals surface area contributed by atoms with Gasteiger partial charge in [-0.1, -0.05) is 0 Å². The minimum Gasteiger partial charge on any atom is -0.481 e. The molecule has 0 rings (SSSR count). The zero-order valence-corrected chi connectivity index (χ0v) is 7.67. The van der Waals surface area contributed by atoms with Crippen LogP contribution in [0.1, 0.15) is 6.42 Å². The third kappa shape index (κ3) is 4.92. The Hall–Kier alpha value is -0.810. The van der Waals surface area contributed by atoms with Crippen LogP contribution in [0.2, 0.25) is 0 Å². The lowest BCUT2D eigenvalue weighted by Crippen LogP contribution is -2.37. The second-order valence-corrected chi connectivity index (χ2v) is 2.42. The average molecular weight is 198 g/mol. The van der Waals surface area contributed by atoms with Crippen LogP contribution in [-0.2, 0) is 9.59 Å². The van der Waals surface area contributed by atoms with Crippen LogP contribution in [0.15, 0.2) is 0 Å². The van der Waals surface area contributed by atoms with Crippen molar-refractivity contribution in [3.63, 3.8) is 0 Å². The number of halogens is 1. The Labute approximate surface area is 76.4 Å². The molecule has 0 radical (unpaired) electrons. The zero-order valence-electron chi connectivity index (χ0n) is 6.85. The SMILES string of the molecule is CN(C)[C@@H](CC(=O)O)C(=O)O.Cl. The summed E-state index contributed by atoms with van der Waals surface area (Å²) in [4.78, 5) is 21.9. The summed E-state index contributed by atoms with van der Waals surface area (Å²) in [7, 11) is 3.06. The molecule has 5 nitrogen and oxygen atoms in total. The molecular formula is C6H12ClNO4. The van der Waals surface area contributed by atoms with Crippen LogP contribution in [0.25, 0.3) is 0 Å². The van der Waals surface area contributed by atoms with Crippen LogP contribution in [0.5, 0.6) is 0 Å². The Kier molecular flexibility index (Phi) is 6.64. The second-order valence-electron chi connectivity index (χ2n) is 2.42. The van der Waals surface area contributed by atoms with Crippen LogP contribution >= 0.6 is 12.4 Å². The van der Waals surface area contributed by atoms with Gasteiger partial charge in [0.25, 0.3) is 0 Å². The van der Waals surface area contributed by atoms with E-state index in [9.17, 15) is 9.59 Å². The summed E-state index contributed by atoms with van der Waals surface area (Å²) in [5, 5.41) is 16.8. The molecule has 0 fully saturated rings. The molecule has 0 bridgehead atoms. The average Bonchev–Trinajstić information content (AvgIpc) is 1.81. The maximum absolute atomic E-state index is 10.4. The molecule has 1 atom stereocenters. The van der Waals surface area contributed by atoms with Crippen LogP contribution in [-0.4, -0.2) is 47.2 Å². The number of likely N-dealkylation sites (N-methyl/N-ethyl adjacent to an activating group) is 1. The smallest absolute Gasteiger partial charge is 0.321 e. The Morgan fingerprint density at radius 2 is 1.75 bits per heavy atom. The monoisotopic (exact) mass is 197 g/mol. The number of carboxylic acid groups (broad SMARTS) is 2. The first-order valence-electron chi connectivity index (χ1n) is 3.06. The van der Waals surface area contributed by atoms with Gasteiger partial charge in [-0.2, -0.15) is 0 Å². The minimum absolute atomic E-state index is 0. The first-order valence-corrected chi connectivity index (χ1v) is 3.06. The highest BCUT2D eigenvalue weighted by atomic mass is 35.5. The van der Waals surface area contributed by atoms with Crippen molar-refractivity contribution in [2.24, 2.45) is 0 Å². The van der Waals surface area contributed by atoms with Gasteiger partial charge in [0.1, 0.15) is 6.04 Å². The Morgan fingerprint density at radius 3 is 1.83 bits per heavy atom. The Bertz CT molecular complexity index is 171.